The van der Waals surface area contributed by atoms with Crippen LogP contribution in [0, 0.1) is 0 Å². The second-order valence-electron chi connectivity index (χ2n) is 8.36. The van der Waals surface area contributed by atoms with Crippen LogP contribution in [0.15, 0.2) is 59.7 Å². The third-order valence-corrected chi connectivity index (χ3v) is 6.59. The van der Waals surface area contributed by atoms with E-state index in [0.717, 1.165) is 54.3 Å². The van der Waals surface area contributed by atoms with Crippen LogP contribution in [0.2, 0.25) is 0 Å². The van der Waals surface area contributed by atoms with E-state index in [9.17, 15) is 9.59 Å². The summed E-state index contributed by atoms with van der Waals surface area (Å²) in [6, 6.07) is 13.9. The molecule has 0 bridgehead atoms. The van der Waals surface area contributed by atoms with Gasteiger partial charge in [0.2, 0.25) is 0 Å². The molecule has 0 spiro atoms. The van der Waals surface area contributed by atoms with Crippen LogP contribution in [-0.2, 0) is 17.8 Å². The van der Waals surface area contributed by atoms with E-state index < -0.39 is 0 Å². The van der Waals surface area contributed by atoms with E-state index in [0.29, 0.717) is 17.8 Å². The highest BCUT2D eigenvalue weighted by Gasteiger charge is 2.16. The van der Waals surface area contributed by atoms with Crippen LogP contribution in [0.25, 0.3) is 16.6 Å². The minimum atomic E-state index is -0.171. The van der Waals surface area contributed by atoms with Gasteiger partial charge >= 0.3 is 0 Å². The third-order valence-electron chi connectivity index (χ3n) is 6.10. The number of amides is 1. The molecule has 1 aromatic heterocycles. The van der Waals surface area contributed by atoms with Crippen LogP contribution in [0.1, 0.15) is 41.3 Å². The molecule has 0 atom stereocenters. The largest absolute Gasteiger partial charge is 0.351 e. The number of ketones is 1. The smallest absolute Gasteiger partial charge is 0.267 e. The standard InChI is InChI=1S/C26H28BrN3O2/c1-18(30-14-10-22-15-20(19(2)31)6-8-25(22)30)26(32)28-11-3-4-12-29-13-9-21-16-24(27)7-5-23(21)17-29/h5-8,10,14-16H,1,3-4,9,11-13,17H2,2H3,(H,28,32). The molecule has 3 aromatic rings. The fraction of sp³-hybridized carbons (Fsp3) is 0.308. The van der Waals surface area contributed by atoms with E-state index in [4.69, 9.17) is 0 Å². The lowest BCUT2D eigenvalue weighted by molar-refractivity contribution is -0.115. The van der Waals surface area contributed by atoms with E-state index in [-0.39, 0.29) is 11.7 Å². The number of halogens is 1. The first-order valence-electron chi connectivity index (χ1n) is 11.0. The molecular formula is C26H28BrN3O2. The molecule has 1 amide bonds. The molecule has 0 saturated carbocycles. The molecule has 4 rings (SSSR count). The average Bonchev–Trinajstić information content (AvgIpc) is 3.21. The Morgan fingerprint density at radius 1 is 1.09 bits per heavy atom. The molecule has 0 unspecified atom stereocenters. The van der Waals surface area contributed by atoms with Gasteiger partial charge in [0.1, 0.15) is 5.70 Å². The Morgan fingerprint density at radius 2 is 1.94 bits per heavy atom. The van der Waals surface area contributed by atoms with Crippen molar-refractivity contribution >= 4 is 44.2 Å². The number of fused-ring (bicyclic) bond motifs is 2. The van der Waals surface area contributed by atoms with Gasteiger partial charge in [-0.05, 0) is 80.3 Å². The predicted octanol–water partition coefficient (Wildman–Crippen LogP) is 5.03. The minimum absolute atomic E-state index is 0.0260. The quantitative estimate of drug-likeness (QED) is 0.272. The van der Waals surface area contributed by atoms with Crippen molar-refractivity contribution in [2.45, 2.75) is 32.7 Å². The summed E-state index contributed by atoms with van der Waals surface area (Å²) in [6.45, 7) is 9.27. The summed E-state index contributed by atoms with van der Waals surface area (Å²) in [6.07, 6.45) is 4.88. The van der Waals surface area contributed by atoms with E-state index in [2.05, 4.69) is 50.9 Å². The number of nitrogens with one attached hydrogen (secondary N) is 1. The van der Waals surface area contributed by atoms with Crippen molar-refractivity contribution < 1.29 is 9.59 Å². The lowest BCUT2D eigenvalue weighted by Crippen LogP contribution is -2.32. The van der Waals surface area contributed by atoms with Crippen LogP contribution in [0.4, 0.5) is 0 Å². The molecule has 0 radical (unpaired) electrons. The summed E-state index contributed by atoms with van der Waals surface area (Å²) in [4.78, 5) is 26.7. The highest BCUT2D eigenvalue weighted by Crippen LogP contribution is 2.23. The molecule has 1 aliphatic rings. The van der Waals surface area contributed by atoms with Gasteiger partial charge in [0.15, 0.2) is 5.78 Å². The van der Waals surface area contributed by atoms with Gasteiger partial charge in [0.25, 0.3) is 5.91 Å². The van der Waals surface area contributed by atoms with Crippen molar-refractivity contribution in [3.8, 4) is 0 Å². The Hall–Kier alpha value is -2.70. The molecule has 0 aliphatic carbocycles. The minimum Gasteiger partial charge on any atom is -0.351 e. The van der Waals surface area contributed by atoms with Gasteiger partial charge in [-0.3, -0.25) is 14.5 Å². The molecule has 5 nitrogen and oxygen atoms in total. The number of aromatic nitrogens is 1. The predicted molar refractivity (Wildman–Crippen MR) is 133 cm³/mol. The summed E-state index contributed by atoms with van der Waals surface area (Å²) in [5.41, 5.74) is 4.77. The zero-order valence-electron chi connectivity index (χ0n) is 18.4. The van der Waals surface area contributed by atoms with Crippen LogP contribution in [0.5, 0.6) is 0 Å². The van der Waals surface area contributed by atoms with Crippen molar-refractivity contribution in [3.05, 3.63) is 76.4 Å². The molecule has 6 heteroatoms. The van der Waals surface area contributed by atoms with Gasteiger partial charge < -0.3 is 9.88 Å². The summed E-state index contributed by atoms with van der Waals surface area (Å²) >= 11 is 3.55. The molecule has 1 N–H and O–H groups in total. The molecule has 1 aliphatic heterocycles. The second-order valence-corrected chi connectivity index (χ2v) is 9.28. The number of hydrogen-bond donors (Lipinski definition) is 1. The number of nitrogens with zero attached hydrogens (tertiary/aromatic N) is 2. The van der Waals surface area contributed by atoms with E-state index in [1.807, 2.05) is 24.4 Å². The topological polar surface area (TPSA) is 54.3 Å². The van der Waals surface area contributed by atoms with Crippen LogP contribution in [0.3, 0.4) is 0 Å². The van der Waals surface area contributed by atoms with Gasteiger partial charge in [-0.1, -0.05) is 28.6 Å². The van der Waals surface area contributed by atoms with E-state index >= 15 is 0 Å². The number of carbonyl (C=O) groups is 2. The maximum absolute atomic E-state index is 12.6. The average molecular weight is 494 g/mol. The number of Topliss-reactive ketones (excluding diaryl/α,β-unsaturated/α-hetero) is 1. The Balaban J connectivity index is 1.23. The molecule has 32 heavy (non-hydrogen) atoms. The van der Waals surface area contributed by atoms with Crippen LogP contribution >= 0.6 is 15.9 Å². The van der Waals surface area contributed by atoms with E-state index in [1.54, 1.807) is 17.6 Å². The highest BCUT2D eigenvalue weighted by atomic mass is 79.9. The van der Waals surface area contributed by atoms with Gasteiger partial charge in [0, 0.05) is 41.3 Å². The fourth-order valence-electron chi connectivity index (χ4n) is 4.24. The fourth-order valence-corrected chi connectivity index (χ4v) is 4.65. The Labute approximate surface area is 197 Å². The molecular weight excluding hydrogens is 466 g/mol. The molecule has 0 fully saturated rings. The monoisotopic (exact) mass is 493 g/mol. The summed E-state index contributed by atoms with van der Waals surface area (Å²) in [7, 11) is 0. The number of rotatable bonds is 8. The highest BCUT2D eigenvalue weighted by molar-refractivity contribution is 9.10. The molecule has 2 aromatic carbocycles. The third kappa shape index (κ3) is 5.03. The van der Waals surface area contributed by atoms with Gasteiger partial charge in [-0.25, -0.2) is 0 Å². The first-order chi connectivity index (χ1) is 15.4. The Morgan fingerprint density at radius 3 is 2.75 bits per heavy atom. The zero-order chi connectivity index (χ0) is 22.7. The first-order valence-corrected chi connectivity index (χ1v) is 11.8. The normalized spacial score (nSPS) is 13.7. The summed E-state index contributed by atoms with van der Waals surface area (Å²) in [5.74, 6) is -0.145. The number of hydrogen-bond acceptors (Lipinski definition) is 3. The van der Waals surface area contributed by atoms with Crippen molar-refractivity contribution in [1.82, 2.24) is 14.8 Å². The Bertz CT molecular complexity index is 1180. The van der Waals surface area contributed by atoms with Crippen molar-refractivity contribution in [1.29, 1.82) is 0 Å². The first kappa shape index (κ1) is 22.5. The van der Waals surface area contributed by atoms with Crippen LogP contribution < -0.4 is 5.32 Å². The number of carbonyl (C=O) groups excluding carboxylic acids is 2. The lowest BCUT2D eigenvalue weighted by atomic mass is 10.00. The zero-order valence-corrected chi connectivity index (χ0v) is 20.0. The second kappa shape index (κ2) is 9.84. The Kier molecular flexibility index (Phi) is 6.92. The summed E-state index contributed by atoms with van der Waals surface area (Å²) < 4.78 is 2.92. The van der Waals surface area contributed by atoms with Gasteiger partial charge in [0.05, 0.1) is 5.52 Å². The maximum Gasteiger partial charge on any atom is 0.267 e. The van der Waals surface area contributed by atoms with Crippen molar-refractivity contribution in [2.24, 2.45) is 0 Å². The van der Waals surface area contributed by atoms with Crippen molar-refractivity contribution in [2.75, 3.05) is 19.6 Å². The molecule has 2 heterocycles. The SMILES string of the molecule is C=C(C(=O)NCCCCN1CCc2cc(Br)ccc2C1)n1ccc2cc(C(C)=O)ccc21. The summed E-state index contributed by atoms with van der Waals surface area (Å²) in [5, 5.41) is 3.91. The van der Waals surface area contributed by atoms with Crippen LogP contribution in [-0.4, -0.2) is 40.8 Å². The number of benzene rings is 2. The van der Waals surface area contributed by atoms with E-state index in [1.165, 1.54) is 11.1 Å². The van der Waals surface area contributed by atoms with Gasteiger partial charge in [-0.15, -0.1) is 0 Å². The maximum atomic E-state index is 12.6. The number of unbranched alkanes of at least 4 members (excludes halogenated alkanes) is 1. The molecule has 0 saturated heterocycles. The van der Waals surface area contributed by atoms with Crippen molar-refractivity contribution in [3.63, 3.8) is 0 Å². The molecule has 166 valence electrons. The lowest BCUT2D eigenvalue weighted by Gasteiger charge is -2.28. The van der Waals surface area contributed by atoms with Gasteiger partial charge in [-0.2, -0.15) is 0 Å².